The Morgan fingerprint density at radius 1 is 1.18 bits per heavy atom. The van der Waals surface area contributed by atoms with Gasteiger partial charge in [-0.05, 0) is 38.1 Å². The lowest BCUT2D eigenvalue weighted by Crippen LogP contribution is -2.47. The summed E-state index contributed by atoms with van der Waals surface area (Å²) in [6.45, 7) is 3.27. The summed E-state index contributed by atoms with van der Waals surface area (Å²) in [4.78, 5) is 26.1. The average molecular weight is 296 g/mol. The van der Waals surface area contributed by atoms with E-state index in [0.29, 0.717) is 22.7 Å². The lowest BCUT2D eigenvalue weighted by atomic mass is 9.96. The molecule has 1 N–H and O–H groups in total. The molecule has 0 fully saturated rings. The molecule has 0 aliphatic carbocycles. The summed E-state index contributed by atoms with van der Waals surface area (Å²) in [6.07, 6.45) is 1.53. The van der Waals surface area contributed by atoms with E-state index in [1.54, 1.807) is 19.1 Å². The second kappa shape index (κ2) is 5.52. The minimum Gasteiger partial charge on any atom is -0.467 e. The Morgan fingerprint density at radius 2 is 1.91 bits per heavy atom. The first-order valence-corrected chi connectivity index (χ1v) is 7.00. The third-order valence-corrected chi connectivity index (χ3v) is 3.71. The fourth-order valence-corrected chi connectivity index (χ4v) is 2.76. The van der Waals surface area contributed by atoms with Gasteiger partial charge in [0, 0.05) is 11.3 Å². The van der Waals surface area contributed by atoms with Crippen LogP contribution in [0.25, 0.3) is 0 Å². The number of benzene rings is 1. The number of nitrogens with one attached hydrogen (secondary N) is 1. The van der Waals surface area contributed by atoms with Gasteiger partial charge in [0.05, 0.1) is 12.0 Å². The van der Waals surface area contributed by atoms with Crippen molar-refractivity contribution in [3.8, 4) is 0 Å². The molecule has 0 bridgehead atoms. The van der Waals surface area contributed by atoms with Gasteiger partial charge in [0.1, 0.15) is 11.8 Å². The molecule has 2 amide bonds. The standard InChI is InChI=1S/C17H16N2O3/c1-11-15(12(2)20)16(14-9-6-10-22-14)18-17(21)19(11)13-7-4-3-5-8-13/h3-10,16H,1-2H3,(H,18,21)/t16-/m1/s1. The van der Waals surface area contributed by atoms with Crippen LogP contribution in [0.2, 0.25) is 0 Å². The zero-order valence-electron chi connectivity index (χ0n) is 12.4. The first-order chi connectivity index (χ1) is 10.6. The Balaban J connectivity index is 2.12. The molecule has 0 unspecified atom stereocenters. The molecule has 1 aromatic carbocycles. The SMILES string of the molecule is CC(=O)C1=C(C)N(c2ccccc2)C(=O)N[C@@H]1c1ccco1. The highest BCUT2D eigenvalue weighted by atomic mass is 16.3. The summed E-state index contributed by atoms with van der Waals surface area (Å²) in [5, 5.41) is 2.84. The third-order valence-electron chi connectivity index (χ3n) is 3.71. The number of Topliss-reactive ketones (excluding diaryl/α,β-unsaturated/α-hetero) is 1. The number of amides is 2. The van der Waals surface area contributed by atoms with Crippen LogP contribution in [0.4, 0.5) is 10.5 Å². The van der Waals surface area contributed by atoms with Gasteiger partial charge in [-0.1, -0.05) is 18.2 Å². The molecule has 1 aliphatic heterocycles. The summed E-state index contributed by atoms with van der Waals surface area (Å²) >= 11 is 0. The predicted octanol–water partition coefficient (Wildman–Crippen LogP) is 3.41. The number of hydrogen-bond donors (Lipinski definition) is 1. The van der Waals surface area contributed by atoms with E-state index < -0.39 is 6.04 Å². The zero-order chi connectivity index (χ0) is 15.7. The van der Waals surface area contributed by atoms with Crippen LogP contribution < -0.4 is 10.2 Å². The maximum Gasteiger partial charge on any atom is 0.327 e. The zero-order valence-corrected chi connectivity index (χ0v) is 12.4. The van der Waals surface area contributed by atoms with Crippen molar-refractivity contribution < 1.29 is 14.0 Å². The Hall–Kier alpha value is -2.82. The van der Waals surface area contributed by atoms with Crippen molar-refractivity contribution in [1.29, 1.82) is 0 Å². The van der Waals surface area contributed by atoms with Crippen molar-refractivity contribution >= 4 is 17.5 Å². The molecule has 22 heavy (non-hydrogen) atoms. The number of allylic oxidation sites excluding steroid dienone is 1. The number of hydrogen-bond acceptors (Lipinski definition) is 3. The van der Waals surface area contributed by atoms with Crippen LogP contribution >= 0.6 is 0 Å². The van der Waals surface area contributed by atoms with Crippen molar-refractivity contribution in [3.63, 3.8) is 0 Å². The van der Waals surface area contributed by atoms with E-state index in [1.807, 2.05) is 30.3 Å². The Morgan fingerprint density at radius 3 is 2.50 bits per heavy atom. The fourth-order valence-electron chi connectivity index (χ4n) is 2.76. The summed E-state index contributed by atoms with van der Waals surface area (Å²) in [5.41, 5.74) is 1.86. The van der Waals surface area contributed by atoms with Crippen molar-refractivity contribution in [2.75, 3.05) is 4.90 Å². The van der Waals surface area contributed by atoms with Crippen LogP contribution in [-0.2, 0) is 4.79 Å². The Labute approximate surface area is 128 Å². The maximum atomic E-state index is 12.5. The minimum atomic E-state index is -0.556. The lowest BCUT2D eigenvalue weighted by Gasteiger charge is -2.34. The molecule has 0 saturated carbocycles. The normalized spacial score (nSPS) is 18.4. The molecular formula is C17H16N2O3. The van der Waals surface area contributed by atoms with E-state index in [1.165, 1.54) is 18.1 Å². The van der Waals surface area contributed by atoms with E-state index in [9.17, 15) is 9.59 Å². The lowest BCUT2D eigenvalue weighted by molar-refractivity contribution is -0.114. The van der Waals surface area contributed by atoms with Crippen LogP contribution in [0.5, 0.6) is 0 Å². The molecule has 2 heterocycles. The van der Waals surface area contributed by atoms with Crippen LogP contribution in [0.1, 0.15) is 25.6 Å². The highest BCUT2D eigenvalue weighted by Crippen LogP contribution is 2.33. The summed E-state index contributed by atoms with van der Waals surface area (Å²) in [6, 6.07) is 11.9. The molecule has 5 heteroatoms. The van der Waals surface area contributed by atoms with Crippen LogP contribution in [-0.4, -0.2) is 11.8 Å². The molecule has 5 nitrogen and oxygen atoms in total. The third kappa shape index (κ3) is 2.30. The number of ketones is 1. The largest absolute Gasteiger partial charge is 0.467 e. The number of anilines is 1. The minimum absolute atomic E-state index is 0.0974. The van der Waals surface area contributed by atoms with E-state index in [-0.39, 0.29) is 11.8 Å². The number of urea groups is 1. The Bertz CT molecular complexity index is 733. The van der Waals surface area contributed by atoms with Gasteiger partial charge >= 0.3 is 6.03 Å². The number of furan rings is 1. The summed E-state index contributed by atoms with van der Waals surface area (Å²) < 4.78 is 5.37. The molecular weight excluding hydrogens is 280 g/mol. The van der Waals surface area contributed by atoms with Crippen molar-refractivity contribution in [1.82, 2.24) is 5.32 Å². The van der Waals surface area contributed by atoms with Gasteiger partial charge in [0.15, 0.2) is 5.78 Å². The van der Waals surface area contributed by atoms with Gasteiger partial charge < -0.3 is 9.73 Å². The van der Waals surface area contributed by atoms with Gasteiger partial charge in [-0.3, -0.25) is 9.69 Å². The first kappa shape index (κ1) is 14.1. The van der Waals surface area contributed by atoms with Gasteiger partial charge in [0.2, 0.25) is 0 Å². The molecule has 112 valence electrons. The first-order valence-electron chi connectivity index (χ1n) is 7.00. The van der Waals surface area contributed by atoms with E-state index in [4.69, 9.17) is 4.42 Å². The van der Waals surface area contributed by atoms with E-state index in [0.717, 1.165) is 0 Å². The van der Waals surface area contributed by atoms with Crippen LogP contribution in [0, 0.1) is 0 Å². The van der Waals surface area contributed by atoms with E-state index >= 15 is 0 Å². The molecule has 0 spiro atoms. The van der Waals surface area contributed by atoms with Gasteiger partial charge in [-0.15, -0.1) is 0 Å². The van der Waals surface area contributed by atoms with Crippen molar-refractivity contribution in [2.45, 2.75) is 19.9 Å². The molecule has 2 aromatic rings. The smallest absolute Gasteiger partial charge is 0.327 e. The molecule has 0 radical (unpaired) electrons. The number of nitrogens with zero attached hydrogens (tertiary/aromatic N) is 1. The van der Waals surface area contributed by atoms with Gasteiger partial charge in [-0.2, -0.15) is 0 Å². The molecule has 1 atom stereocenters. The highest BCUT2D eigenvalue weighted by molar-refractivity contribution is 6.04. The number of para-hydroxylation sites is 1. The molecule has 0 saturated heterocycles. The van der Waals surface area contributed by atoms with Gasteiger partial charge in [0.25, 0.3) is 0 Å². The average Bonchev–Trinajstić information content (AvgIpc) is 3.01. The summed E-state index contributed by atoms with van der Waals surface area (Å²) in [7, 11) is 0. The fraction of sp³-hybridized carbons (Fsp3) is 0.176. The summed E-state index contributed by atoms with van der Waals surface area (Å²) in [5.74, 6) is 0.449. The second-order valence-corrected chi connectivity index (χ2v) is 5.12. The van der Waals surface area contributed by atoms with E-state index in [2.05, 4.69) is 5.32 Å². The molecule has 1 aromatic heterocycles. The highest BCUT2D eigenvalue weighted by Gasteiger charge is 2.36. The van der Waals surface area contributed by atoms with Gasteiger partial charge in [-0.25, -0.2) is 4.79 Å². The number of rotatable bonds is 3. The maximum absolute atomic E-state index is 12.5. The second-order valence-electron chi connectivity index (χ2n) is 5.12. The monoisotopic (exact) mass is 296 g/mol. The van der Waals surface area contributed by atoms with Crippen molar-refractivity contribution in [2.24, 2.45) is 0 Å². The molecule has 1 aliphatic rings. The van der Waals surface area contributed by atoms with Crippen molar-refractivity contribution in [3.05, 3.63) is 65.8 Å². The van der Waals surface area contributed by atoms with Crippen LogP contribution in [0.3, 0.4) is 0 Å². The topological polar surface area (TPSA) is 62.6 Å². The molecule has 3 rings (SSSR count). The number of carbonyl (C=O) groups excluding carboxylic acids is 2. The number of carbonyl (C=O) groups is 2. The Kier molecular flexibility index (Phi) is 3.55. The predicted molar refractivity (Wildman–Crippen MR) is 82.3 cm³/mol. The quantitative estimate of drug-likeness (QED) is 0.944. The van der Waals surface area contributed by atoms with Crippen LogP contribution in [0.15, 0.2) is 64.4 Å².